The van der Waals surface area contributed by atoms with Crippen molar-refractivity contribution in [1.82, 2.24) is 19.6 Å². The van der Waals surface area contributed by atoms with Gasteiger partial charge in [-0.05, 0) is 18.7 Å². The van der Waals surface area contributed by atoms with Crippen LogP contribution in [0.1, 0.15) is 11.6 Å². The summed E-state index contributed by atoms with van der Waals surface area (Å²) in [4.78, 5) is 17.1. The largest absolute Gasteiger partial charge is 0.338 e. The molecule has 2 heterocycles. The molecule has 4 rings (SSSR count). The van der Waals surface area contributed by atoms with Crippen molar-refractivity contribution in [2.45, 2.75) is 12.6 Å². The monoisotopic (exact) mass is 334 g/mol. The lowest BCUT2D eigenvalue weighted by molar-refractivity contribution is -0.134. The van der Waals surface area contributed by atoms with Gasteiger partial charge in [0.05, 0.1) is 11.6 Å². The van der Waals surface area contributed by atoms with Crippen molar-refractivity contribution in [3.05, 3.63) is 66.4 Å². The first kappa shape index (κ1) is 15.8. The smallest absolute Gasteiger partial charge is 0.244 e. The van der Waals surface area contributed by atoms with Crippen LogP contribution in [0.2, 0.25) is 0 Å². The molecule has 1 amide bonds. The molecule has 25 heavy (non-hydrogen) atoms. The number of benzene rings is 2. The maximum absolute atomic E-state index is 12.8. The Morgan fingerprint density at radius 1 is 1.08 bits per heavy atom. The fourth-order valence-corrected chi connectivity index (χ4v) is 3.47. The number of fused-ring (bicyclic) bond motifs is 1. The van der Waals surface area contributed by atoms with Crippen LogP contribution in [0.4, 0.5) is 0 Å². The van der Waals surface area contributed by atoms with Crippen LogP contribution in [0.3, 0.4) is 0 Å². The average Bonchev–Trinajstić information content (AvgIpc) is 3.05. The van der Waals surface area contributed by atoms with E-state index in [0.717, 1.165) is 30.5 Å². The Labute approximate surface area is 147 Å². The molecule has 2 aromatic carbocycles. The minimum Gasteiger partial charge on any atom is -0.338 e. The number of hydrogen-bond acceptors (Lipinski definition) is 3. The van der Waals surface area contributed by atoms with E-state index in [2.05, 4.69) is 41.3 Å². The van der Waals surface area contributed by atoms with Crippen LogP contribution in [0.5, 0.6) is 0 Å². The van der Waals surface area contributed by atoms with E-state index >= 15 is 0 Å². The molecule has 0 radical (unpaired) electrons. The summed E-state index contributed by atoms with van der Waals surface area (Å²) in [6.45, 7) is 2.66. The summed E-state index contributed by atoms with van der Waals surface area (Å²) in [6.07, 6.45) is 1.94. The van der Waals surface area contributed by atoms with Crippen LogP contribution >= 0.6 is 0 Å². The Bertz CT molecular complexity index is 841. The fourth-order valence-electron chi connectivity index (χ4n) is 3.47. The number of carbonyl (C=O) groups excluding carboxylic acids is 1. The highest BCUT2D eigenvalue weighted by Gasteiger charge is 2.28. The predicted molar refractivity (Wildman–Crippen MR) is 98.1 cm³/mol. The maximum Gasteiger partial charge on any atom is 0.244 e. The molecule has 0 N–H and O–H groups in total. The first-order chi connectivity index (χ1) is 12.2. The SMILES string of the molecule is CN1CCN(C(=O)Cn2cc3ccccc3n2)C[C@H]1c1ccccc1. The molecule has 5 heteroatoms. The highest BCUT2D eigenvalue weighted by atomic mass is 16.2. The quantitative estimate of drug-likeness (QED) is 0.739. The highest BCUT2D eigenvalue weighted by Crippen LogP contribution is 2.24. The number of amides is 1. The average molecular weight is 334 g/mol. The minimum atomic E-state index is 0.127. The standard InChI is InChI=1S/C20H22N4O/c1-22-11-12-23(14-19(22)16-7-3-2-4-8-16)20(25)15-24-13-17-9-5-6-10-18(17)21-24/h2-10,13,19H,11-12,14-15H2,1H3/t19-/m0/s1. The Hall–Kier alpha value is -2.66. The van der Waals surface area contributed by atoms with E-state index in [1.54, 1.807) is 4.68 Å². The molecule has 0 spiro atoms. The Morgan fingerprint density at radius 3 is 2.64 bits per heavy atom. The van der Waals surface area contributed by atoms with Crippen molar-refractivity contribution in [1.29, 1.82) is 0 Å². The summed E-state index contributed by atoms with van der Waals surface area (Å²) in [5.74, 6) is 0.127. The van der Waals surface area contributed by atoms with Gasteiger partial charge in [-0.3, -0.25) is 14.4 Å². The fraction of sp³-hybridized carbons (Fsp3) is 0.300. The first-order valence-electron chi connectivity index (χ1n) is 8.66. The summed E-state index contributed by atoms with van der Waals surface area (Å²) in [5, 5.41) is 5.56. The lowest BCUT2D eigenvalue weighted by Crippen LogP contribution is -2.49. The number of likely N-dealkylation sites (N-methyl/N-ethyl adjacent to an activating group) is 1. The number of piperazine rings is 1. The molecule has 1 atom stereocenters. The molecule has 1 saturated heterocycles. The number of aromatic nitrogens is 2. The maximum atomic E-state index is 12.8. The Balaban J connectivity index is 1.48. The molecular weight excluding hydrogens is 312 g/mol. The molecule has 1 aliphatic heterocycles. The number of rotatable bonds is 3. The molecule has 0 saturated carbocycles. The van der Waals surface area contributed by atoms with Gasteiger partial charge >= 0.3 is 0 Å². The van der Waals surface area contributed by atoms with Crippen LogP contribution < -0.4 is 0 Å². The zero-order valence-corrected chi connectivity index (χ0v) is 14.4. The Kier molecular flexibility index (Phi) is 4.24. The summed E-state index contributed by atoms with van der Waals surface area (Å²) >= 11 is 0. The van der Waals surface area contributed by atoms with Gasteiger partial charge in [0.15, 0.2) is 0 Å². The van der Waals surface area contributed by atoms with Crippen molar-refractivity contribution >= 4 is 16.8 Å². The molecule has 0 bridgehead atoms. The van der Waals surface area contributed by atoms with E-state index in [1.165, 1.54) is 5.56 Å². The minimum absolute atomic E-state index is 0.127. The number of carbonyl (C=O) groups is 1. The van der Waals surface area contributed by atoms with E-state index in [0.29, 0.717) is 6.54 Å². The van der Waals surface area contributed by atoms with Crippen molar-refractivity contribution in [3.8, 4) is 0 Å². The van der Waals surface area contributed by atoms with Crippen LogP contribution in [0, 0.1) is 0 Å². The second kappa shape index (κ2) is 6.69. The summed E-state index contributed by atoms with van der Waals surface area (Å²) in [6, 6.07) is 18.6. The van der Waals surface area contributed by atoms with Crippen LogP contribution in [-0.2, 0) is 11.3 Å². The molecule has 0 unspecified atom stereocenters. The van der Waals surface area contributed by atoms with Gasteiger partial charge in [0.25, 0.3) is 0 Å². The summed E-state index contributed by atoms with van der Waals surface area (Å²) in [5.41, 5.74) is 2.18. The number of nitrogens with zero attached hydrogens (tertiary/aromatic N) is 4. The first-order valence-corrected chi connectivity index (χ1v) is 8.66. The zero-order valence-electron chi connectivity index (χ0n) is 14.4. The molecule has 3 aromatic rings. The van der Waals surface area contributed by atoms with E-state index in [-0.39, 0.29) is 11.9 Å². The van der Waals surface area contributed by atoms with Crippen LogP contribution in [-0.4, -0.2) is 52.2 Å². The van der Waals surface area contributed by atoms with Gasteiger partial charge in [-0.25, -0.2) is 0 Å². The summed E-state index contributed by atoms with van der Waals surface area (Å²) in [7, 11) is 2.12. The van der Waals surface area contributed by atoms with E-state index in [1.807, 2.05) is 41.4 Å². The number of hydrogen-bond donors (Lipinski definition) is 0. The summed E-state index contributed by atoms with van der Waals surface area (Å²) < 4.78 is 1.75. The van der Waals surface area contributed by atoms with Gasteiger partial charge in [-0.1, -0.05) is 48.5 Å². The Morgan fingerprint density at radius 2 is 1.84 bits per heavy atom. The topological polar surface area (TPSA) is 41.4 Å². The third kappa shape index (κ3) is 3.28. The molecule has 1 fully saturated rings. The third-order valence-electron chi connectivity index (χ3n) is 4.94. The van der Waals surface area contributed by atoms with Gasteiger partial charge in [-0.15, -0.1) is 0 Å². The second-order valence-corrected chi connectivity index (χ2v) is 6.63. The van der Waals surface area contributed by atoms with Crippen LogP contribution in [0.15, 0.2) is 60.8 Å². The molecule has 1 aliphatic rings. The molecular formula is C20H22N4O. The zero-order chi connectivity index (χ0) is 17.2. The van der Waals surface area contributed by atoms with E-state index in [4.69, 9.17) is 0 Å². The van der Waals surface area contributed by atoms with Gasteiger partial charge < -0.3 is 4.90 Å². The van der Waals surface area contributed by atoms with Gasteiger partial charge in [0, 0.05) is 31.2 Å². The lowest BCUT2D eigenvalue weighted by Gasteiger charge is -2.39. The predicted octanol–water partition coefficient (Wildman–Crippen LogP) is 2.55. The highest BCUT2D eigenvalue weighted by molar-refractivity contribution is 5.80. The molecule has 0 aliphatic carbocycles. The van der Waals surface area contributed by atoms with Crippen molar-refractivity contribution in [2.75, 3.05) is 26.7 Å². The molecule has 128 valence electrons. The van der Waals surface area contributed by atoms with Crippen LogP contribution in [0.25, 0.3) is 10.9 Å². The van der Waals surface area contributed by atoms with E-state index in [9.17, 15) is 4.79 Å². The normalized spacial score (nSPS) is 18.6. The molecule has 1 aromatic heterocycles. The van der Waals surface area contributed by atoms with E-state index < -0.39 is 0 Å². The third-order valence-corrected chi connectivity index (χ3v) is 4.94. The van der Waals surface area contributed by atoms with Gasteiger partial charge in [0.1, 0.15) is 6.54 Å². The van der Waals surface area contributed by atoms with Crippen molar-refractivity contribution in [2.24, 2.45) is 0 Å². The van der Waals surface area contributed by atoms with Gasteiger partial charge in [0.2, 0.25) is 5.91 Å². The lowest BCUT2D eigenvalue weighted by atomic mass is 10.0. The van der Waals surface area contributed by atoms with Crippen molar-refractivity contribution in [3.63, 3.8) is 0 Å². The second-order valence-electron chi connectivity index (χ2n) is 6.63. The van der Waals surface area contributed by atoms with Gasteiger partial charge in [-0.2, -0.15) is 5.10 Å². The molecule has 5 nitrogen and oxygen atoms in total. The van der Waals surface area contributed by atoms with Crippen molar-refractivity contribution < 1.29 is 4.79 Å².